The Morgan fingerprint density at radius 3 is 2.29 bits per heavy atom. The Labute approximate surface area is 122 Å². The third kappa shape index (κ3) is 3.42. The molecule has 0 aliphatic carbocycles. The maximum absolute atomic E-state index is 12.3. The van der Waals surface area contributed by atoms with Crippen molar-refractivity contribution >= 4 is 17.4 Å². The van der Waals surface area contributed by atoms with Crippen LogP contribution in [0.15, 0.2) is 30.3 Å². The maximum atomic E-state index is 12.3. The summed E-state index contributed by atoms with van der Waals surface area (Å²) in [4.78, 5) is 16.4. The van der Waals surface area contributed by atoms with Gasteiger partial charge in [-0.2, -0.15) is 0 Å². The first kappa shape index (κ1) is 14.6. The molecular formula is C15H17N3O3. The van der Waals surface area contributed by atoms with E-state index in [0.717, 1.165) is 0 Å². The molecule has 0 radical (unpaired) electrons. The number of carbonyl (C=O) groups is 1. The Morgan fingerprint density at radius 2 is 1.76 bits per heavy atom. The Morgan fingerprint density at radius 1 is 1.14 bits per heavy atom. The lowest BCUT2D eigenvalue weighted by atomic mass is 10.1. The zero-order chi connectivity index (χ0) is 15.4. The number of aryl methyl sites for hydroxylation is 1. The van der Waals surface area contributed by atoms with Gasteiger partial charge < -0.3 is 20.5 Å². The number of nitrogens with one attached hydrogen (secondary N) is 1. The van der Waals surface area contributed by atoms with E-state index in [-0.39, 0.29) is 5.91 Å². The van der Waals surface area contributed by atoms with Gasteiger partial charge in [0.15, 0.2) is 0 Å². The molecule has 0 saturated heterocycles. The van der Waals surface area contributed by atoms with Crippen molar-refractivity contribution in [3.63, 3.8) is 0 Å². The minimum Gasteiger partial charge on any atom is -0.497 e. The Kier molecular flexibility index (Phi) is 4.27. The van der Waals surface area contributed by atoms with Crippen molar-refractivity contribution in [1.82, 2.24) is 4.98 Å². The van der Waals surface area contributed by atoms with Gasteiger partial charge in [-0.15, -0.1) is 0 Å². The number of hydrogen-bond acceptors (Lipinski definition) is 5. The van der Waals surface area contributed by atoms with Crippen LogP contribution < -0.4 is 20.5 Å². The highest BCUT2D eigenvalue weighted by atomic mass is 16.5. The van der Waals surface area contributed by atoms with Crippen LogP contribution in [0.3, 0.4) is 0 Å². The molecule has 0 bridgehead atoms. The van der Waals surface area contributed by atoms with Gasteiger partial charge in [-0.1, -0.05) is 0 Å². The summed E-state index contributed by atoms with van der Waals surface area (Å²) in [5.74, 6) is 1.23. The number of methoxy groups -OCH3 is 2. The molecule has 6 nitrogen and oxygen atoms in total. The smallest absolute Gasteiger partial charge is 0.255 e. The second kappa shape index (κ2) is 6.13. The summed E-state index contributed by atoms with van der Waals surface area (Å²) in [6.07, 6.45) is 0. The highest BCUT2D eigenvalue weighted by Crippen LogP contribution is 2.23. The number of pyridine rings is 1. The molecule has 0 atom stereocenters. The standard InChI is InChI=1S/C15H17N3O3/c1-9-13(4-5-14(16)17-9)18-15(19)10-6-11(20-2)8-12(7-10)21-3/h4-8H,1-3H3,(H2,16,17)(H,18,19). The molecule has 21 heavy (non-hydrogen) atoms. The third-order valence-corrected chi connectivity index (χ3v) is 2.97. The first-order valence-electron chi connectivity index (χ1n) is 6.31. The van der Waals surface area contributed by atoms with E-state index >= 15 is 0 Å². The second-order valence-corrected chi connectivity index (χ2v) is 4.42. The molecule has 0 spiro atoms. The lowest BCUT2D eigenvalue weighted by Gasteiger charge is -2.10. The number of ether oxygens (including phenoxy) is 2. The summed E-state index contributed by atoms with van der Waals surface area (Å²) in [5, 5.41) is 2.79. The summed E-state index contributed by atoms with van der Waals surface area (Å²) in [6, 6.07) is 8.32. The van der Waals surface area contributed by atoms with E-state index in [9.17, 15) is 4.79 Å². The van der Waals surface area contributed by atoms with E-state index in [4.69, 9.17) is 15.2 Å². The number of carbonyl (C=O) groups excluding carboxylic acids is 1. The number of benzene rings is 1. The van der Waals surface area contributed by atoms with Gasteiger partial charge in [-0.25, -0.2) is 4.98 Å². The Bertz CT molecular complexity index is 649. The number of amides is 1. The number of anilines is 2. The molecule has 1 amide bonds. The lowest BCUT2D eigenvalue weighted by Crippen LogP contribution is -2.13. The van der Waals surface area contributed by atoms with E-state index in [0.29, 0.717) is 34.3 Å². The van der Waals surface area contributed by atoms with Crippen molar-refractivity contribution in [2.45, 2.75) is 6.92 Å². The lowest BCUT2D eigenvalue weighted by molar-refractivity contribution is 0.102. The van der Waals surface area contributed by atoms with E-state index in [1.54, 1.807) is 37.3 Å². The van der Waals surface area contributed by atoms with Crippen LogP contribution in [0.2, 0.25) is 0 Å². The van der Waals surface area contributed by atoms with E-state index in [1.165, 1.54) is 14.2 Å². The first-order chi connectivity index (χ1) is 10.0. The van der Waals surface area contributed by atoms with Crippen LogP contribution in [0.25, 0.3) is 0 Å². The largest absolute Gasteiger partial charge is 0.497 e. The van der Waals surface area contributed by atoms with Crippen molar-refractivity contribution < 1.29 is 14.3 Å². The normalized spacial score (nSPS) is 10.0. The quantitative estimate of drug-likeness (QED) is 0.900. The molecule has 6 heteroatoms. The predicted octanol–water partition coefficient (Wildman–Crippen LogP) is 2.24. The highest BCUT2D eigenvalue weighted by Gasteiger charge is 2.11. The zero-order valence-electron chi connectivity index (χ0n) is 12.1. The summed E-state index contributed by atoms with van der Waals surface area (Å²) < 4.78 is 10.3. The van der Waals surface area contributed by atoms with Gasteiger partial charge in [0, 0.05) is 11.6 Å². The van der Waals surface area contributed by atoms with Gasteiger partial charge in [0.2, 0.25) is 0 Å². The molecule has 0 saturated carbocycles. The molecule has 0 aliphatic rings. The number of rotatable bonds is 4. The molecule has 1 aromatic heterocycles. The molecule has 3 N–H and O–H groups in total. The number of nitrogen functional groups attached to an aromatic ring is 1. The van der Waals surface area contributed by atoms with E-state index in [1.807, 2.05) is 0 Å². The molecule has 2 rings (SSSR count). The van der Waals surface area contributed by atoms with Gasteiger partial charge >= 0.3 is 0 Å². The molecule has 1 aromatic carbocycles. The van der Waals surface area contributed by atoms with Crippen molar-refractivity contribution in [3.05, 3.63) is 41.6 Å². The molecular weight excluding hydrogens is 270 g/mol. The van der Waals surface area contributed by atoms with Gasteiger partial charge in [-0.05, 0) is 31.2 Å². The van der Waals surface area contributed by atoms with Crippen LogP contribution in [-0.4, -0.2) is 25.1 Å². The molecule has 0 aliphatic heterocycles. The van der Waals surface area contributed by atoms with Gasteiger partial charge in [-0.3, -0.25) is 4.79 Å². The molecule has 0 unspecified atom stereocenters. The second-order valence-electron chi connectivity index (χ2n) is 4.42. The fraction of sp³-hybridized carbons (Fsp3) is 0.200. The summed E-state index contributed by atoms with van der Waals surface area (Å²) >= 11 is 0. The Hall–Kier alpha value is -2.76. The van der Waals surface area contributed by atoms with Gasteiger partial charge in [0.25, 0.3) is 5.91 Å². The fourth-order valence-corrected chi connectivity index (χ4v) is 1.85. The van der Waals surface area contributed by atoms with Gasteiger partial charge in [0.05, 0.1) is 25.6 Å². The van der Waals surface area contributed by atoms with Crippen molar-refractivity contribution in [2.24, 2.45) is 0 Å². The minimum atomic E-state index is -0.276. The number of aromatic nitrogens is 1. The van der Waals surface area contributed by atoms with Crippen LogP contribution in [0.4, 0.5) is 11.5 Å². The zero-order valence-corrected chi connectivity index (χ0v) is 12.1. The van der Waals surface area contributed by atoms with Crippen molar-refractivity contribution in [2.75, 3.05) is 25.3 Å². The fourth-order valence-electron chi connectivity index (χ4n) is 1.85. The topological polar surface area (TPSA) is 86.5 Å². The van der Waals surface area contributed by atoms with Crippen LogP contribution in [0, 0.1) is 6.92 Å². The molecule has 110 valence electrons. The summed E-state index contributed by atoms with van der Waals surface area (Å²) in [7, 11) is 3.06. The molecule has 2 aromatic rings. The van der Waals surface area contributed by atoms with Crippen LogP contribution in [-0.2, 0) is 0 Å². The SMILES string of the molecule is COc1cc(OC)cc(C(=O)Nc2ccc(N)nc2C)c1. The van der Waals surface area contributed by atoms with Gasteiger partial charge in [0.1, 0.15) is 17.3 Å². The molecule has 1 heterocycles. The minimum absolute atomic E-state index is 0.276. The van der Waals surface area contributed by atoms with Crippen LogP contribution in [0.5, 0.6) is 11.5 Å². The maximum Gasteiger partial charge on any atom is 0.255 e. The average Bonchev–Trinajstić information content (AvgIpc) is 2.49. The number of nitrogens with zero attached hydrogens (tertiary/aromatic N) is 1. The average molecular weight is 287 g/mol. The number of nitrogens with two attached hydrogens (primary N) is 1. The van der Waals surface area contributed by atoms with Crippen LogP contribution in [0.1, 0.15) is 16.1 Å². The van der Waals surface area contributed by atoms with Crippen LogP contribution >= 0.6 is 0 Å². The van der Waals surface area contributed by atoms with Crippen molar-refractivity contribution in [3.8, 4) is 11.5 Å². The first-order valence-corrected chi connectivity index (χ1v) is 6.31. The highest BCUT2D eigenvalue weighted by molar-refractivity contribution is 6.05. The third-order valence-electron chi connectivity index (χ3n) is 2.97. The predicted molar refractivity (Wildman–Crippen MR) is 80.9 cm³/mol. The number of hydrogen-bond donors (Lipinski definition) is 2. The molecule has 0 fully saturated rings. The summed E-state index contributed by atoms with van der Waals surface area (Å²) in [5.41, 5.74) is 7.28. The monoisotopic (exact) mass is 287 g/mol. The van der Waals surface area contributed by atoms with E-state index in [2.05, 4.69) is 10.3 Å². The summed E-state index contributed by atoms with van der Waals surface area (Å²) in [6.45, 7) is 1.78. The van der Waals surface area contributed by atoms with E-state index < -0.39 is 0 Å². The Balaban J connectivity index is 2.27. The van der Waals surface area contributed by atoms with Crippen molar-refractivity contribution in [1.29, 1.82) is 0 Å².